The Balaban J connectivity index is 2.04. The molecule has 32 heavy (non-hydrogen) atoms. The predicted octanol–water partition coefficient (Wildman–Crippen LogP) is 3.42. The molecule has 2 aromatic rings. The van der Waals surface area contributed by atoms with Crippen molar-refractivity contribution in [3.8, 4) is 0 Å². The van der Waals surface area contributed by atoms with E-state index in [0.29, 0.717) is 17.0 Å². The minimum Gasteiger partial charge on any atom is -0.386 e. The normalized spacial score (nSPS) is 21.6. The molecule has 3 N–H and O–H groups in total. The molecule has 0 radical (unpaired) electrons. The Bertz CT molecular complexity index is 1220. The second-order valence-electron chi connectivity index (χ2n) is 8.10. The lowest BCUT2D eigenvalue weighted by Gasteiger charge is -2.38. The first kappa shape index (κ1) is 24.1. The first-order valence-electron chi connectivity index (χ1n) is 9.77. The Morgan fingerprint density at radius 2 is 2.00 bits per heavy atom. The van der Waals surface area contributed by atoms with Gasteiger partial charge in [0, 0.05) is 17.4 Å². The Labute approximate surface area is 190 Å². The lowest BCUT2D eigenvalue weighted by molar-refractivity contribution is 0.102. The van der Waals surface area contributed by atoms with Crippen LogP contribution in [0.5, 0.6) is 0 Å². The zero-order valence-corrected chi connectivity index (χ0v) is 19.3. The van der Waals surface area contributed by atoms with Gasteiger partial charge in [0.05, 0.1) is 10.8 Å². The smallest absolute Gasteiger partial charge is 0.274 e. The molecule has 3 rings (SSSR count). The summed E-state index contributed by atoms with van der Waals surface area (Å²) in [5, 5.41) is 2.96. The average Bonchev–Trinajstić information content (AvgIpc) is 2.73. The van der Waals surface area contributed by atoms with Gasteiger partial charge in [-0.2, -0.15) is 0 Å². The van der Waals surface area contributed by atoms with Crippen molar-refractivity contribution < 1.29 is 22.0 Å². The fourth-order valence-electron chi connectivity index (χ4n) is 3.44. The van der Waals surface area contributed by atoms with E-state index >= 15 is 0 Å². The van der Waals surface area contributed by atoms with E-state index in [1.165, 1.54) is 32.2 Å². The van der Waals surface area contributed by atoms with Crippen LogP contribution in [0.3, 0.4) is 0 Å². The monoisotopic (exact) mass is 484 g/mol. The number of aryl methyl sites for hydroxylation is 1. The van der Waals surface area contributed by atoms with Crippen LogP contribution in [0.15, 0.2) is 35.5 Å². The molecule has 1 aliphatic heterocycles. The summed E-state index contributed by atoms with van der Waals surface area (Å²) in [6.45, 7) is 3.26. The number of benzene rings is 1. The van der Waals surface area contributed by atoms with E-state index in [9.17, 15) is 22.0 Å². The maximum absolute atomic E-state index is 14.8. The molecule has 0 aliphatic carbocycles. The molecule has 172 valence electrons. The van der Waals surface area contributed by atoms with Crippen molar-refractivity contribution in [3.63, 3.8) is 0 Å². The molecule has 2 heterocycles. The highest BCUT2D eigenvalue weighted by atomic mass is 35.5. The van der Waals surface area contributed by atoms with Crippen molar-refractivity contribution in [2.75, 3.05) is 17.7 Å². The minimum absolute atomic E-state index is 0.119. The van der Waals surface area contributed by atoms with Crippen LogP contribution in [-0.2, 0) is 21.8 Å². The van der Waals surface area contributed by atoms with Crippen molar-refractivity contribution in [1.82, 2.24) is 4.98 Å². The topological polar surface area (TPSA) is 115 Å². The van der Waals surface area contributed by atoms with Gasteiger partial charge in [-0.05, 0) is 50.1 Å². The fraction of sp³-hybridized carbons (Fsp3) is 0.381. The van der Waals surface area contributed by atoms with E-state index in [0.717, 1.165) is 6.07 Å². The number of anilines is 1. The summed E-state index contributed by atoms with van der Waals surface area (Å²) < 4.78 is 53.1. The van der Waals surface area contributed by atoms with Gasteiger partial charge >= 0.3 is 0 Å². The van der Waals surface area contributed by atoms with Crippen LogP contribution in [0.4, 0.5) is 14.5 Å². The molecule has 0 bridgehead atoms. The van der Waals surface area contributed by atoms with Crippen LogP contribution in [0.25, 0.3) is 0 Å². The van der Waals surface area contributed by atoms with Gasteiger partial charge in [-0.3, -0.25) is 9.79 Å². The maximum Gasteiger partial charge on any atom is 0.274 e. The quantitative estimate of drug-likeness (QED) is 0.674. The van der Waals surface area contributed by atoms with Gasteiger partial charge in [0.25, 0.3) is 5.91 Å². The number of carbonyl (C=O) groups is 1. The van der Waals surface area contributed by atoms with Gasteiger partial charge in [-0.15, -0.1) is 0 Å². The highest BCUT2D eigenvalue weighted by Gasteiger charge is 2.52. The number of hydrogen-bond acceptors (Lipinski definition) is 6. The molecular formula is C21H23ClF2N4O3S. The Kier molecular flexibility index (Phi) is 6.32. The number of pyridine rings is 1. The zero-order valence-electron chi connectivity index (χ0n) is 17.7. The Morgan fingerprint density at radius 3 is 2.59 bits per heavy atom. The number of nitrogens with two attached hydrogens (primary N) is 1. The summed E-state index contributed by atoms with van der Waals surface area (Å²) in [4.78, 5) is 20.9. The number of amides is 1. The van der Waals surface area contributed by atoms with Gasteiger partial charge in [0.15, 0.2) is 9.84 Å². The number of sulfone groups is 1. The first-order chi connectivity index (χ1) is 14.9. The van der Waals surface area contributed by atoms with Crippen LogP contribution in [0.2, 0.25) is 5.02 Å². The number of hydrogen-bond donors (Lipinski definition) is 2. The van der Waals surface area contributed by atoms with E-state index in [-0.39, 0.29) is 22.8 Å². The third-order valence-corrected chi connectivity index (χ3v) is 8.46. The number of nitrogens with one attached hydrogen (secondary N) is 1. The zero-order chi connectivity index (χ0) is 23.9. The second-order valence-corrected chi connectivity index (χ2v) is 11.1. The third kappa shape index (κ3) is 4.09. The van der Waals surface area contributed by atoms with Crippen LogP contribution in [-0.4, -0.2) is 42.3 Å². The van der Waals surface area contributed by atoms with E-state index < -0.39 is 44.3 Å². The van der Waals surface area contributed by atoms with Gasteiger partial charge in [-0.25, -0.2) is 22.2 Å². The van der Waals surface area contributed by atoms with E-state index in [1.807, 2.05) is 6.92 Å². The average molecular weight is 485 g/mol. The summed E-state index contributed by atoms with van der Waals surface area (Å²) in [6, 6.07) is 5.07. The second kappa shape index (κ2) is 8.40. The molecule has 1 atom stereocenters. The summed E-state index contributed by atoms with van der Waals surface area (Å²) in [5.74, 6) is -2.53. The molecule has 1 unspecified atom stereocenters. The largest absolute Gasteiger partial charge is 0.386 e. The van der Waals surface area contributed by atoms with Crippen LogP contribution in [0.1, 0.15) is 42.4 Å². The van der Waals surface area contributed by atoms with Crippen molar-refractivity contribution in [3.05, 3.63) is 58.1 Å². The molecule has 11 heteroatoms. The summed E-state index contributed by atoms with van der Waals surface area (Å²) in [7, 11) is -3.96. The highest BCUT2D eigenvalue weighted by Crippen LogP contribution is 2.39. The van der Waals surface area contributed by atoms with Crippen molar-refractivity contribution in [2.45, 2.75) is 37.5 Å². The number of aromatic nitrogens is 1. The van der Waals surface area contributed by atoms with Crippen molar-refractivity contribution in [1.29, 1.82) is 0 Å². The van der Waals surface area contributed by atoms with Gasteiger partial charge < -0.3 is 11.1 Å². The molecule has 0 spiro atoms. The number of halogens is 3. The lowest BCUT2D eigenvalue weighted by atomic mass is 9.92. The number of rotatable bonds is 5. The number of nitrogens with zero attached hydrogens (tertiary/aromatic N) is 2. The van der Waals surface area contributed by atoms with Crippen LogP contribution < -0.4 is 11.1 Å². The van der Waals surface area contributed by atoms with E-state index in [1.54, 1.807) is 6.07 Å². The van der Waals surface area contributed by atoms with Gasteiger partial charge in [0.2, 0.25) is 0 Å². The number of aliphatic imine (C=N–C) groups is 1. The summed E-state index contributed by atoms with van der Waals surface area (Å²) in [5.41, 5.74) is 4.34. The lowest BCUT2D eigenvalue weighted by Crippen LogP contribution is -2.56. The minimum atomic E-state index is -3.96. The van der Waals surface area contributed by atoms with Gasteiger partial charge in [0.1, 0.15) is 34.3 Å². The molecule has 0 saturated heterocycles. The van der Waals surface area contributed by atoms with Gasteiger partial charge in [-0.1, -0.05) is 18.5 Å². The number of alkyl halides is 1. The first-order valence-corrected chi connectivity index (χ1v) is 11.8. The van der Waals surface area contributed by atoms with E-state index in [2.05, 4.69) is 15.3 Å². The van der Waals surface area contributed by atoms with Crippen molar-refractivity contribution >= 4 is 38.9 Å². The Hall–Kier alpha value is -2.59. The van der Waals surface area contributed by atoms with Crippen LogP contribution in [0, 0.1) is 5.82 Å². The Morgan fingerprint density at radius 1 is 1.31 bits per heavy atom. The maximum atomic E-state index is 14.8. The molecule has 7 nitrogen and oxygen atoms in total. The summed E-state index contributed by atoms with van der Waals surface area (Å²) >= 11 is 5.93. The standard InChI is InChI=1S/C21H23ClF2N4O3S/c1-4-12-7-13(22)9-26-17(12)18(29)27-14-5-6-16(24)15(8-14)21(10-23)11-32(30,31)20(2,3)19(25)28-21/h5-9H,4,10-11H2,1-3H3,(H2,25,28)(H,27,29). The van der Waals surface area contributed by atoms with Crippen molar-refractivity contribution in [2.24, 2.45) is 10.7 Å². The highest BCUT2D eigenvalue weighted by molar-refractivity contribution is 7.93. The molecule has 0 fully saturated rings. The third-order valence-electron chi connectivity index (χ3n) is 5.63. The molecule has 1 aliphatic rings. The van der Waals surface area contributed by atoms with Crippen LogP contribution >= 0.6 is 11.6 Å². The molecule has 1 aromatic heterocycles. The fourth-order valence-corrected chi connectivity index (χ4v) is 5.27. The van der Waals surface area contributed by atoms with E-state index in [4.69, 9.17) is 17.3 Å². The molecule has 1 amide bonds. The molecular weight excluding hydrogens is 462 g/mol. The molecule has 1 aromatic carbocycles. The predicted molar refractivity (Wildman–Crippen MR) is 120 cm³/mol. The molecule has 0 saturated carbocycles. The SMILES string of the molecule is CCc1cc(Cl)cnc1C(=O)Nc1ccc(F)c(C2(CF)CS(=O)(=O)C(C)(C)C(N)=N2)c1. The number of amidine groups is 1. The number of carbonyl (C=O) groups excluding carboxylic acids is 1. The summed E-state index contributed by atoms with van der Waals surface area (Å²) in [6.07, 6.45) is 1.83.